The van der Waals surface area contributed by atoms with Crippen molar-refractivity contribution in [3.05, 3.63) is 58.6 Å². The van der Waals surface area contributed by atoms with Crippen molar-refractivity contribution in [1.82, 2.24) is 4.98 Å². The fourth-order valence-corrected chi connectivity index (χ4v) is 4.15. The quantitative estimate of drug-likeness (QED) is 0.480. The van der Waals surface area contributed by atoms with Crippen LogP contribution in [0.5, 0.6) is 0 Å². The summed E-state index contributed by atoms with van der Waals surface area (Å²) in [6, 6.07) is 15.5. The number of halogens is 1. The van der Waals surface area contributed by atoms with Crippen LogP contribution in [0.3, 0.4) is 0 Å². The first kappa shape index (κ1) is 13.8. The summed E-state index contributed by atoms with van der Waals surface area (Å²) in [6.07, 6.45) is 0. The molecule has 0 aliphatic carbocycles. The molecule has 1 aromatic heterocycles. The Morgan fingerprint density at radius 2 is 2.05 bits per heavy atom. The molecule has 3 rings (SSSR count). The highest BCUT2D eigenvalue weighted by molar-refractivity contribution is 9.10. The summed E-state index contributed by atoms with van der Waals surface area (Å²) >= 11 is 6.51. The second-order valence-corrected chi connectivity index (χ2v) is 7.34. The number of fused-ring (bicyclic) bond motifs is 1. The lowest BCUT2D eigenvalue weighted by atomic mass is 10.2. The first-order valence-electron chi connectivity index (χ1n) is 5.99. The molecule has 0 atom stereocenters. The molecule has 100 valence electrons. The van der Waals surface area contributed by atoms with Crippen molar-refractivity contribution in [3.8, 4) is 0 Å². The molecule has 0 amide bonds. The fourth-order valence-electron chi connectivity index (χ4n) is 1.79. The Morgan fingerprint density at radius 1 is 1.20 bits per heavy atom. The second-order valence-electron chi connectivity index (χ2n) is 4.17. The highest BCUT2D eigenvalue weighted by Gasteiger charge is 2.09. The molecule has 0 N–H and O–H groups in total. The maximum Gasteiger partial charge on any atom is 0.173 e. The topological polar surface area (TPSA) is 30.0 Å². The van der Waals surface area contributed by atoms with Gasteiger partial charge in [0.05, 0.1) is 16.0 Å². The van der Waals surface area contributed by atoms with E-state index >= 15 is 0 Å². The van der Waals surface area contributed by atoms with Crippen LogP contribution in [0.1, 0.15) is 10.4 Å². The lowest BCUT2D eigenvalue weighted by Crippen LogP contribution is -2.01. The summed E-state index contributed by atoms with van der Waals surface area (Å²) in [6.45, 7) is 0. The third-order valence-electron chi connectivity index (χ3n) is 2.75. The lowest BCUT2D eigenvalue weighted by molar-refractivity contribution is 0.102. The van der Waals surface area contributed by atoms with Crippen LogP contribution in [0.2, 0.25) is 0 Å². The van der Waals surface area contributed by atoms with E-state index in [9.17, 15) is 4.79 Å². The highest BCUT2D eigenvalue weighted by atomic mass is 79.9. The Hall–Kier alpha value is -1.17. The molecule has 0 radical (unpaired) electrons. The number of para-hydroxylation sites is 1. The number of aromatic nitrogens is 1. The van der Waals surface area contributed by atoms with Crippen molar-refractivity contribution in [2.24, 2.45) is 0 Å². The van der Waals surface area contributed by atoms with Crippen molar-refractivity contribution < 1.29 is 4.79 Å². The SMILES string of the molecule is O=C(CSc1nc2ccccc2s1)c1cccc(Br)c1. The first-order chi connectivity index (χ1) is 9.72. The van der Waals surface area contributed by atoms with Gasteiger partial charge in [0.1, 0.15) is 0 Å². The molecule has 0 aliphatic rings. The molecular weight excluding hydrogens is 354 g/mol. The van der Waals surface area contributed by atoms with Crippen molar-refractivity contribution >= 4 is 55.0 Å². The molecule has 0 aliphatic heterocycles. The molecule has 0 unspecified atom stereocenters. The van der Waals surface area contributed by atoms with Crippen LogP contribution in [0.15, 0.2) is 57.3 Å². The van der Waals surface area contributed by atoms with Gasteiger partial charge in [-0.25, -0.2) is 4.98 Å². The van der Waals surface area contributed by atoms with Crippen LogP contribution >= 0.6 is 39.0 Å². The number of ketones is 1. The number of hydrogen-bond acceptors (Lipinski definition) is 4. The molecule has 0 fully saturated rings. The molecular formula is C15H10BrNOS2. The molecule has 0 saturated carbocycles. The standard InChI is InChI=1S/C15H10BrNOS2/c16-11-5-3-4-10(8-11)13(18)9-19-15-17-12-6-1-2-7-14(12)20-15/h1-8H,9H2. The van der Waals surface area contributed by atoms with Crippen LogP contribution in [0.4, 0.5) is 0 Å². The van der Waals surface area contributed by atoms with Gasteiger partial charge in [-0.1, -0.05) is 52.0 Å². The molecule has 0 saturated heterocycles. The van der Waals surface area contributed by atoms with Crippen molar-refractivity contribution in [1.29, 1.82) is 0 Å². The number of thiazole rings is 1. The van der Waals surface area contributed by atoms with Crippen LogP contribution in [0.25, 0.3) is 10.2 Å². The molecule has 3 aromatic rings. The molecule has 2 nitrogen and oxygen atoms in total. The van der Waals surface area contributed by atoms with Gasteiger partial charge in [0.2, 0.25) is 0 Å². The zero-order valence-electron chi connectivity index (χ0n) is 10.4. The smallest absolute Gasteiger partial charge is 0.173 e. The first-order valence-corrected chi connectivity index (χ1v) is 8.59. The van der Waals surface area contributed by atoms with E-state index < -0.39 is 0 Å². The summed E-state index contributed by atoms with van der Waals surface area (Å²) in [5.74, 6) is 0.534. The van der Waals surface area contributed by atoms with Gasteiger partial charge >= 0.3 is 0 Å². The summed E-state index contributed by atoms with van der Waals surface area (Å²) < 4.78 is 3.02. The Kier molecular flexibility index (Phi) is 4.19. The van der Waals surface area contributed by atoms with Crippen molar-refractivity contribution in [2.45, 2.75) is 4.34 Å². The monoisotopic (exact) mass is 363 g/mol. The minimum absolute atomic E-state index is 0.121. The summed E-state index contributed by atoms with van der Waals surface area (Å²) in [5.41, 5.74) is 1.72. The fraction of sp³-hybridized carbons (Fsp3) is 0.0667. The number of hydrogen-bond donors (Lipinski definition) is 0. The number of rotatable bonds is 4. The van der Waals surface area contributed by atoms with Gasteiger partial charge < -0.3 is 0 Å². The molecule has 1 heterocycles. The van der Waals surface area contributed by atoms with Crippen LogP contribution in [-0.2, 0) is 0 Å². The maximum absolute atomic E-state index is 12.1. The molecule has 2 aromatic carbocycles. The third kappa shape index (κ3) is 3.11. The summed E-state index contributed by atoms with van der Waals surface area (Å²) in [4.78, 5) is 16.6. The van der Waals surface area contributed by atoms with Crippen LogP contribution < -0.4 is 0 Å². The largest absolute Gasteiger partial charge is 0.293 e. The Labute approximate surface area is 133 Å². The Bertz CT molecular complexity index is 736. The Morgan fingerprint density at radius 3 is 2.85 bits per heavy atom. The van der Waals surface area contributed by atoms with Gasteiger partial charge in [0.25, 0.3) is 0 Å². The predicted molar refractivity (Wildman–Crippen MR) is 88.8 cm³/mol. The van der Waals surface area contributed by atoms with E-state index in [1.54, 1.807) is 11.3 Å². The van der Waals surface area contributed by atoms with Crippen LogP contribution in [-0.4, -0.2) is 16.5 Å². The zero-order valence-corrected chi connectivity index (χ0v) is 13.6. The molecule has 0 bridgehead atoms. The van der Waals surface area contributed by atoms with Crippen molar-refractivity contribution in [2.75, 3.05) is 5.75 Å². The second kappa shape index (κ2) is 6.08. The average Bonchev–Trinajstić information content (AvgIpc) is 2.87. The van der Waals surface area contributed by atoms with E-state index in [-0.39, 0.29) is 5.78 Å². The van der Waals surface area contributed by atoms with Gasteiger partial charge in [-0.15, -0.1) is 11.3 Å². The molecule has 5 heteroatoms. The third-order valence-corrected chi connectivity index (χ3v) is 5.42. The van der Waals surface area contributed by atoms with Gasteiger partial charge in [0.15, 0.2) is 10.1 Å². The number of carbonyl (C=O) groups is 1. The number of Topliss-reactive ketones (excluding diaryl/α,β-unsaturated/α-hetero) is 1. The number of carbonyl (C=O) groups excluding carboxylic acids is 1. The van der Waals surface area contributed by atoms with Crippen LogP contribution in [0, 0.1) is 0 Å². The predicted octanol–water partition coefficient (Wildman–Crippen LogP) is 5.03. The summed E-state index contributed by atoms with van der Waals surface area (Å²) in [5, 5.41) is 0. The summed E-state index contributed by atoms with van der Waals surface area (Å²) in [7, 11) is 0. The average molecular weight is 364 g/mol. The number of benzene rings is 2. The van der Waals surface area contributed by atoms with E-state index in [0.717, 1.165) is 24.6 Å². The number of nitrogens with zero attached hydrogens (tertiary/aromatic N) is 1. The van der Waals surface area contributed by atoms with E-state index in [1.165, 1.54) is 11.8 Å². The number of thioether (sulfide) groups is 1. The van der Waals surface area contributed by atoms with E-state index in [4.69, 9.17) is 0 Å². The van der Waals surface area contributed by atoms with Gasteiger partial charge in [-0.2, -0.15) is 0 Å². The van der Waals surface area contributed by atoms with Crippen molar-refractivity contribution in [3.63, 3.8) is 0 Å². The molecule has 20 heavy (non-hydrogen) atoms. The lowest BCUT2D eigenvalue weighted by Gasteiger charge is -1.99. The Balaban J connectivity index is 1.71. The maximum atomic E-state index is 12.1. The van der Waals surface area contributed by atoms with E-state index in [2.05, 4.69) is 20.9 Å². The minimum atomic E-state index is 0.121. The zero-order chi connectivity index (χ0) is 13.9. The normalized spacial score (nSPS) is 10.8. The van der Waals surface area contributed by atoms with Gasteiger partial charge in [-0.05, 0) is 24.3 Å². The van der Waals surface area contributed by atoms with E-state index in [0.29, 0.717) is 5.75 Å². The molecule has 0 spiro atoms. The van der Waals surface area contributed by atoms with E-state index in [1.807, 2.05) is 48.5 Å². The van der Waals surface area contributed by atoms with Gasteiger partial charge in [0, 0.05) is 10.0 Å². The highest BCUT2D eigenvalue weighted by Crippen LogP contribution is 2.29. The minimum Gasteiger partial charge on any atom is -0.293 e. The van der Waals surface area contributed by atoms with Gasteiger partial charge in [-0.3, -0.25) is 4.79 Å².